The number of benzene rings is 2. The normalized spacial score (nSPS) is 14.1. The number of anilines is 1. The van der Waals surface area contributed by atoms with Crippen LogP contribution in [0.5, 0.6) is 0 Å². The molecule has 0 aliphatic carbocycles. The van der Waals surface area contributed by atoms with Crippen LogP contribution in [-0.4, -0.2) is 42.0 Å². The van der Waals surface area contributed by atoms with Crippen LogP contribution in [0, 0.1) is 6.92 Å². The third-order valence-corrected chi connectivity index (χ3v) is 6.73. The predicted molar refractivity (Wildman–Crippen MR) is 147 cm³/mol. The van der Waals surface area contributed by atoms with E-state index >= 15 is 0 Å². The van der Waals surface area contributed by atoms with Gasteiger partial charge in [-0.15, -0.1) is 0 Å². The van der Waals surface area contributed by atoms with Crippen LogP contribution in [0.15, 0.2) is 54.7 Å². The van der Waals surface area contributed by atoms with Crippen LogP contribution in [0.3, 0.4) is 0 Å². The van der Waals surface area contributed by atoms with Crippen molar-refractivity contribution in [3.8, 4) is 11.1 Å². The number of carbonyl (C=O) groups is 3. The van der Waals surface area contributed by atoms with Crippen molar-refractivity contribution in [2.45, 2.75) is 52.0 Å². The number of carbonyl (C=O) groups excluding carboxylic acids is 3. The smallest absolute Gasteiger partial charge is 0.257 e. The fraction of sp³-hybridized carbons (Fsp3) is 0.333. The molecule has 1 aromatic heterocycles. The standard InChI is InChI=1S/C30H34N4O4/c1-18-25(15-20(17-32-18)29(37)34-23-7-5-6-21(16-23)30(2,3)4)26-14-19(8-9-24(26)27(31)35)28(36)33-22-10-12-38-13-11-22/h5-9,14-17,22H,10-13H2,1-4H3,(H2,31,35)(H,33,36)(H,34,37). The van der Waals surface area contributed by atoms with Crippen LogP contribution in [0.1, 0.15) is 75.9 Å². The molecule has 2 aromatic carbocycles. The molecule has 0 unspecified atom stereocenters. The van der Waals surface area contributed by atoms with E-state index in [1.54, 1.807) is 31.2 Å². The minimum Gasteiger partial charge on any atom is -0.381 e. The molecule has 1 saturated heterocycles. The number of nitrogens with zero attached hydrogens (tertiary/aromatic N) is 1. The molecule has 3 aromatic rings. The fourth-order valence-corrected chi connectivity index (χ4v) is 4.43. The van der Waals surface area contributed by atoms with Gasteiger partial charge in [0.15, 0.2) is 0 Å². The van der Waals surface area contributed by atoms with Gasteiger partial charge in [-0.25, -0.2) is 0 Å². The molecule has 0 radical (unpaired) electrons. The van der Waals surface area contributed by atoms with Crippen molar-refractivity contribution < 1.29 is 19.1 Å². The first kappa shape index (κ1) is 27.0. The van der Waals surface area contributed by atoms with E-state index in [0.29, 0.717) is 46.8 Å². The SMILES string of the molecule is Cc1ncc(C(=O)Nc2cccc(C(C)(C)C)c2)cc1-c1cc(C(=O)NC2CCOCC2)ccc1C(N)=O. The van der Waals surface area contributed by atoms with E-state index in [4.69, 9.17) is 10.5 Å². The van der Waals surface area contributed by atoms with Gasteiger partial charge in [0, 0.05) is 53.5 Å². The summed E-state index contributed by atoms with van der Waals surface area (Å²) in [5.74, 6) is -1.21. The van der Waals surface area contributed by atoms with Gasteiger partial charge in [-0.2, -0.15) is 0 Å². The minimum absolute atomic E-state index is 0.0303. The van der Waals surface area contributed by atoms with E-state index in [9.17, 15) is 14.4 Å². The van der Waals surface area contributed by atoms with E-state index in [1.807, 2.05) is 24.3 Å². The lowest BCUT2D eigenvalue weighted by Crippen LogP contribution is -2.38. The summed E-state index contributed by atoms with van der Waals surface area (Å²) < 4.78 is 5.37. The zero-order chi connectivity index (χ0) is 27.4. The molecule has 8 heteroatoms. The quantitative estimate of drug-likeness (QED) is 0.443. The molecule has 4 N–H and O–H groups in total. The first-order valence-corrected chi connectivity index (χ1v) is 12.7. The highest BCUT2D eigenvalue weighted by Crippen LogP contribution is 2.29. The van der Waals surface area contributed by atoms with Gasteiger partial charge < -0.3 is 21.1 Å². The fourth-order valence-electron chi connectivity index (χ4n) is 4.43. The minimum atomic E-state index is -0.635. The molecular weight excluding hydrogens is 480 g/mol. The summed E-state index contributed by atoms with van der Waals surface area (Å²) in [5.41, 5.74) is 9.94. The van der Waals surface area contributed by atoms with Crippen molar-refractivity contribution in [1.29, 1.82) is 0 Å². The van der Waals surface area contributed by atoms with Gasteiger partial charge in [-0.05, 0) is 72.7 Å². The zero-order valence-corrected chi connectivity index (χ0v) is 22.3. The summed E-state index contributed by atoms with van der Waals surface area (Å²) in [4.78, 5) is 42.9. The Morgan fingerprint density at radius 3 is 2.34 bits per heavy atom. The molecule has 0 spiro atoms. The van der Waals surface area contributed by atoms with E-state index in [1.165, 1.54) is 6.20 Å². The van der Waals surface area contributed by atoms with Gasteiger partial charge in [-0.1, -0.05) is 32.9 Å². The Hall–Kier alpha value is -4.04. The summed E-state index contributed by atoms with van der Waals surface area (Å²) in [6, 6.07) is 14.2. The monoisotopic (exact) mass is 514 g/mol. The van der Waals surface area contributed by atoms with E-state index in [0.717, 1.165) is 18.4 Å². The number of hydrogen-bond acceptors (Lipinski definition) is 5. The molecule has 198 valence electrons. The Labute approximate surface area is 223 Å². The average molecular weight is 515 g/mol. The molecule has 4 rings (SSSR count). The molecule has 0 bridgehead atoms. The molecule has 8 nitrogen and oxygen atoms in total. The maximum atomic E-state index is 13.2. The van der Waals surface area contributed by atoms with Crippen LogP contribution in [-0.2, 0) is 10.2 Å². The number of ether oxygens (including phenoxy) is 1. The summed E-state index contributed by atoms with van der Waals surface area (Å²) in [7, 11) is 0. The van der Waals surface area contributed by atoms with Crippen LogP contribution in [0.4, 0.5) is 5.69 Å². The van der Waals surface area contributed by atoms with Gasteiger partial charge in [0.1, 0.15) is 0 Å². The largest absolute Gasteiger partial charge is 0.381 e. The van der Waals surface area contributed by atoms with Crippen LogP contribution >= 0.6 is 0 Å². The number of pyridine rings is 1. The van der Waals surface area contributed by atoms with Crippen LogP contribution < -0.4 is 16.4 Å². The van der Waals surface area contributed by atoms with Gasteiger partial charge in [-0.3, -0.25) is 19.4 Å². The van der Waals surface area contributed by atoms with Crippen molar-refractivity contribution >= 4 is 23.4 Å². The number of aromatic nitrogens is 1. The second-order valence-corrected chi connectivity index (χ2v) is 10.6. The summed E-state index contributed by atoms with van der Waals surface area (Å²) in [6.07, 6.45) is 2.99. The summed E-state index contributed by atoms with van der Waals surface area (Å²) in [5, 5.41) is 5.97. The number of rotatable bonds is 6. The highest BCUT2D eigenvalue weighted by molar-refractivity contribution is 6.06. The Kier molecular flexibility index (Phi) is 7.92. The molecule has 1 aliphatic rings. The summed E-state index contributed by atoms with van der Waals surface area (Å²) in [6.45, 7) is 9.33. The van der Waals surface area contributed by atoms with Gasteiger partial charge in [0.2, 0.25) is 5.91 Å². The van der Waals surface area contributed by atoms with E-state index in [2.05, 4.69) is 36.4 Å². The molecule has 0 saturated carbocycles. The Balaban J connectivity index is 1.65. The zero-order valence-electron chi connectivity index (χ0n) is 22.3. The second kappa shape index (κ2) is 11.1. The number of primary amides is 1. The van der Waals surface area contributed by atoms with Crippen molar-refractivity contribution in [3.05, 3.63) is 82.7 Å². The van der Waals surface area contributed by atoms with Gasteiger partial charge in [0.25, 0.3) is 11.8 Å². The number of aryl methyl sites for hydroxylation is 1. The second-order valence-electron chi connectivity index (χ2n) is 10.6. The average Bonchev–Trinajstić information content (AvgIpc) is 2.88. The lowest BCUT2D eigenvalue weighted by Gasteiger charge is -2.23. The first-order chi connectivity index (χ1) is 18.0. The third kappa shape index (κ3) is 6.26. The van der Waals surface area contributed by atoms with Crippen molar-refractivity contribution in [3.63, 3.8) is 0 Å². The highest BCUT2D eigenvalue weighted by Gasteiger charge is 2.21. The van der Waals surface area contributed by atoms with E-state index < -0.39 is 5.91 Å². The topological polar surface area (TPSA) is 123 Å². The number of amides is 3. The number of nitrogens with one attached hydrogen (secondary N) is 2. The third-order valence-electron chi connectivity index (χ3n) is 6.73. The maximum Gasteiger partial charge on any atom is 0.257 e. The number of hydrogen-bond donors (Lipinski definition) is 3. The molecule has 1 aliphatic heterocycles. The Morgan fingerprint density at radius 2 is 1.66 bits per heavy atom. The van der Waals surface area contributed by atoms with Crippen molar-refractivity contribution in [1.82, 2.24) is 10.3 Å². The van der Waals surface area contributed by atoms with Crippen LogP contribution in [0.2, 0.25) is 0 Å². The molecule has 2 heterocycles. The summed E-state index contributed by atoms with van der Waals surface area (Å²) >= 11 is 0. The van der Waals surface area contributed by atoms with E-state index in [-0.39, 0.29) is 28.8 Å². The molecular formula is C30H34N4O4. The molecule has 0 atom stereocenters. The molecule has 38 heavy (non-hydrogen) atoms. The van der Waals surface area contributed by atoms with Crippen molar-refractivity contribution in [2.24, 2.45) is 5.73 Å². The molecule has 1 fully saturated rings. The Morgan fingerprint density at radius 1 is 0.947 bits per heavy atom. The molecule has 3 amide bonds. The lowest BCUT2D eigenvalue weighted by atomic mass is 9.87. The van der Waals surface area contributed by atoms with Crippen molar-refractivity contribution in [2.75, 3.05) is 18.5 Å². The van der Waals surface area contributed by atoms with Crippen LogP contribution in [0.25, 0.3) is 11.1 Å². The predicted octanol–water partition coefficient (Wildman–Crippen LogP) is 4.61. The lowest BCUT2D eigenvalue weighted by molar-refractivity contribution is 0.0696. The van der Waals surface area contributed by atoms with Gasteiger partial charge >= 0.3 is 0 Å². The first-order valence-electron chi connectivity index (χ1n) is 12.7. The van der Waals surface area contributed by atoms with Gasteiger partial charge in [0.05, 0.1) is 5.56 Å². The highest BCUT2D eigenvalue weighted by atomic mass is 16.5. The number of nitrogens with two attached hydrogens (primary N) is 1. The maximum absolute atomic E-state index is 13.2. The Bertz CT molecular complexity index is 1370.